The lowest BCUT2D eigenvalue weighted by Crippen LogP contribution is -2.27. The third-order valence-electron chi connectivity index (χ3n) is 2.56. The maximum atomic E-state index is 6.09. The van der Waals surface area contributed by atoms with E-state index in [-0.39, 0.29) is 0 Å². The van der Waals surface area contributed by atoms with Crippen LogP contribution in [0.25, 0.3) is 0 Å². The molecule has 0 saturated carbocycles. The van der Waals surface area contributed by atoms with Crippen molar-refractivity contribution in [2.75, 3.05) is 5.32 Å². The molecule has 2 aromatic rings. The molecule has 0 aromatic heterocycles. The molecule has 0 atom stereocenters. The number of thiocarbonyl (C=S) groups is 1. The van der Waals surface area contributed by atoms with Gasteiger partial charge in [-0.25, -0.2) is 0 Å². The molecule has 0 saturated heterocycles. The van der Waals surface area contributed by atoms with Crippen molar-refractivity contribution < 1.29 is 0 Å². The highest BCUT2D eigenvalue weighted by atomic mass is 35.5. The first kappa shape index (κ1) is 15.4. The molecule has 0 aliphatic heterocycles. The van der Waals surface area contributed by atoms with Crippen LogP contribution in [0.5, 0.6) is 0 Å². The fraction of sp³-hybridized carbons (Fsp3) is 0.0714. The van der Waals surface area contributed by atoms with Crippen LogP contribution >= 0.6 is 47.0 Å². The van der Waals surface area contributed by atoms with Crippen LogP contribution in [0.1, 0.15) is 5.56 Å². The summed E-state index contributed by atoms with van der Waals surface area (Å²) in [4.78, 5) is 0. The van der Waals surface area contributed by atoms with Crippen molar-refractivity contribution in [1.29, 1.82) is 0 Å². The zero-order valence-corrected chi connectivity index (χ0v) is 13.4. The number of hydrogen-bond donors (Lipinski definition) is 2. The predicted molar refractivity (Wildman–Crippen MR) is 91.0 cm³/mol. The van der Waals surface area contributed by atoms with E-state index in [1.165, 1.54) is 0 Å². The molecule has 0 unspecified atom stereocenters. The lowest BCUT2D eigenvalue weighted by atomic mass is 10.2. The zero-order valence-electron chi connectivity index (χ0n) is 10.3. The van der Waals surface area contributed by atoms with Gasteiger partial charge in [-0.1, -0.05) is 40.9 Å². The van der Waals surface area contributed by atoms with Crippen LogP contribution in [-0.2, 0) is 6.54 Å². The van der Waals surface area contributed by atoms with Crippen LogP contribution in [0.3, 0.4) is 0 Å². The van der Waals surface area contributed by atoms with E-state index in [4.69, 9.17) is 47.0 Å². The molecule has 0 aliphatic carbocycles. The second kappa shape index (κ2) is 7.14. The number of nitrogens with one attached hydrogen (secondary N) is 2. The standard InChI is InChI=1S/C14H11Cl3N2S/c15-10-3-5-12(6-4-10)19-14(20)18-8-9-1-2-11(16)7-13(9)17/h1-7H,8H2,(H2,18,19,20). The molecule has 0 aliphatic rings. The number of benzene rings is 2. The quantitative estimate of drug-likeness (QED) is 0.754. The van der Waals surface area contributed by atoms with Crippen LogP contribution < -0.4 is 10.6 Å². The second-order valence-corrected chi connectivity index (χ2v) is 5.74. The Balaban J connectivity index is 1.90. The van der Waals surface area contributed by atoms with Crippen LogP contribution in [0.15, 0.2) is 42.5 Å². The maximum Gasteiger partial charge on any atom is 0.171 e. The summed E-state index contributed by atoms with van der Waals surface area (Å²) in [5.74, 6) is 0. The van der Waals surface area contributed by atoms with E-state index >= 15 is 0 Å². The Morgan fingerprint density at radius 2 is 1.60 bits per heavy atom. The lowest BCUT2D eigenvalue weighted by molar-refractivity contribution is 0.926. The highest BCUT2D eigenvalue weighted by Crippen LogP contribution is 2.20. The molecular formula is C14H11Cl3N2S. The van der Waals surface area contributed by atoms with Crippen molar-refractivity contribution >= 4 is 57.8 Å². The summed E-state index contributed by atoms with van der Waals surface area (Å²) in [5, 5.41) is 8.56. The molecule has 6 heteroatoms. The van der Waals surface area contributed by atoms with Crippen molar-refractivity contribution in [2.24, 2.45) is 0 Å². The van der Waals surface area contributed by atoms with E-state index in [0.29, 0.717) is 26.7 Å². The molecular weight excluding hydrogens is 335 g/mol. The molecule has 20 heavy (non-hydrogen) atoms. The van der Waals surface area contributed by atoms with Crippen molar-refractivity contribution in [1.82, 2.24) is 5.32 Å². The normalized spacial score (nSPS) is 10.2. The summed E-state index contributed by atoms with van der Waals surface area (Å²) in [6, 6.07) is 12.7. The van der Waals surface area contributed by atoms with Crippen LogP contribution in [-0.4, -0.2) is 5.11 Å². The van der Waals surface area contributed by atoms with Crippen LogP contribution in [0.4, 0.5) is 5.69 Å². The number of halogens is 3. The Kier molecular flexibility index (Phi) is 5.49. The van der Waals surface area contributed by atoms with Gasteiger partial charge in [-0.15, -0.1) is 0 Å². The first-order valence-corrected chi connectivity index (χ1v) is 7.33. The van der Waals surface area contributed by atoms with E-state index in [1.807, 2.05) is 18.2 Å². The first-order chi connectivity index (χ1) is 9.54. The molecule has 2 aromatic carbocycles. The molecule has 0 fully saturated rings. The first-order valence-electron chi connectivity index (χ1n) is 5.79. The Morgan fingerprint density at radius 3 is 2.25 bits per heavy atom. The van der Waals surface area contributed by atoms with Gasteiger partial charge in [-0.3, -0.25) is 0 Å². The molecule has 0 spiro atoms. The summed E-state index contributed by atoms with van der Waals surface area (Å²) in [5.41, 5.74) is 1.80. The summed E-state index contributed by atoms with van der Waals surface area (Å²) in [6.45, 7) is 0.523. The Morgan fingerprint density at radius 1 is 0.950 bits per heavy atom. The topological polar surface area (TPSA) is 24.1 Å². The fourth-order valence-corrected chi connectivity index (χ4v) is 2.34. The minimum absolute atomic E-state index is 0.512. The number of anilines is 1. The van der Waals surface area contributed by atoms with E-state index < -0.39 is 0 Å². The molecule has 2 N–H and O–H groups in total. The molecule has 2 rings (SSSR count). The van der Waals surface area contributed by atoms with Crippen molar-refractivity contribution in [2.45, 2.75) is 6.54 Å². The highest BCUT2D eigenvalue weighted by molar-refractivity contribution is 7.80. The van der Waals surface area contributed by atoms with Gasteiger partial charge in [0, 0.05) is 27.3 Å². The third-order valence-corrected chi connectivity index (χ3v) is 3.64. The molecule has 0 heterocycles. The van der Waals surface area contributed by atoms with Crippen molar-refractivity contribution in [3.63, 3.8) is 0 Å². The summed E-state index contributed by atoms with van der Waals surface area (Å²) in [7, 11) is 0. The minimum atomic E-state index is 0.512. The van der Waals surface area contributed by atoms with Gasteiger partial charge >= 0.3 is 0 Å². The average Bonchev–Trinajstić information content (AvgIpc) is 2.40. The van der Waals surface area contributed by atoms with Gasteiger partial charge in [0.05, 0.1) is 0 Å². The molecule has 2 nitrogen and oxygen atoms in total. The van der Waals surface area contributed by atoms with Gasteiger partial charge in [-0.05, 0) is 54.2 Å². The van der Waals surface area contributed by atoms with Gasteiger partial charge in [0.2, 0.25) is 0 Å². The van der Waals surface area contributed by atoms with Gasteiger partial charge < -0.3 is 10.6 Å². The van der Waals surface area contributed by atoms with Crippen LogP contribution in [0, 0.1) is 0 Å². The lowest BCUT2D eigenvalue weighted by Gasteiger charge is -2.11. The second-order valence-electron chi connectivity index (χ2n) is 4.05. The average molecular weight is 346 g/mol. The van der Waals surface area contributed by atoms with Gasteiger partial charge in [0.25, 0.3) is 0 Å². The highest BCUT2D eigenvalue weighted by Gasteiger charge is 2.03. The number of hydrogen-bond acceptors (Lipinski definition) is 1. The van der Waals surface area contributed by atoms with Gasteiger partial charge in [0.1, 0.15) is 0 Å². The van der Waals surface area contributed by atoms with Gasteiger partial charge in [-0.2, -0.15) is 0 Å². The van der Waals surface area contributed by atoms with Crippen molar-refractivity contribution in [3.8, 4) is 0 Å². The van der Waals surface area contributed by atoms with E-state index in [1.54, 1.807) is 24.3 Å². The van der Waals surface area contributed by atoms with Crippen molar-refractivity contribution in [3.05, 3.63) is 63.1 Å². The monoisotopic (exact) mass is 344 g/mol. The minimum Gasteiger partial charge on any atom is -0.358 e. The maximum absolute atomic E-state index is 6.09. The predicted octanol–water partition coefficient (Wildman–Crippen LogP) is 5.13. The molecule has 0 bridgehead atoms. The fourth-order valence-electron chi connectivity index (χ4n) is 1.55. The Bertz CT molecular complexity index is 614. The summed E-state index contributed by atoms with van der Waals surface area (Å²) < 4.78 is 0. The summed E-state index contributed by atoms with van der Waals surface area (Å²) >= 11 is 23.0. The number of rotatable bonds is 3. The van der Waals surface area contributed by atoms with Gasteiger partial charge in [0.15, 0.2) is 5.11 Å². The zero-order chi connectivity index (χ0) is 14.5. The SMILES string of the molecule is S=C(NCc1ccc(Cl)cc1Cl)Nc1ccc(Cl)cc1. The Labute approximate surface area is 138 Å². The Hall–Kier alpha value is -1.00. The smallest absolute Gasteiger partial charge is 0.171 e. The third kappa shape index (κ3) is 4.53. The van der Waals surface area contributed by atoms with E-state index in [2.05, 4.69) is 10.6 Å². The largest absolute Gasteiger partial charge is 0.358 e. The molecule has 0 radical (unpaired) electrons. The van der Waals surface area contributed by atoms with Crippen LogP contribution in [0.2, 0.25) is 15.1 Å². The summed E-state index contributed by atoms with van der Waals surface area (Å²) in [6.07, 6.45) is 0. The molecule has 104 valence electrons. The van der Waals surface area contributed by atoms with E-state index in [9.17, 15) is 0 Å². The van der Waals surface area contributed by atoms with E-state index in [0.717, 1.165) is 11.3 Å². The molecule has 0 amide bonds.